The van der Waals surface area contributed by atoms with Crippen molar-refractivity contribution < 1.29 is 0 Å². The maximum atomic E-state index is 5.85. The number of aryl methyl sites for hydroxylation is 1. The number of hydrogen-bond donors (Lipinski definition) is 2. The molecule has 19 heavy (non-hydrogen) atoms. The molecule has 1 aromatic carbocycles. The molecule has 0 aliphatic heterocycles. The number of aromatic nitrogens is 2. The minimum absolute atomic E-state index is 0.0739. The quantitative estimate of drug-likeness (QED) is 0.636. The van der Waals surface area contributed by atoms with Gasteiger partial charge in [-0.3, -0.25) is 5.84 Å². The van der Waals surface area contributed by atoms with Gasteiger partial charge in [-0.1, -0.05) is 30.3 Å². The smallest absolute Gasteiger partial charge is 0.128 e. The number of nitrogens with one attached hydrogen (secondary N) is 1. The molecular formula is C15H20N4. The topological polar surface area (TPSA) is 55.9 Å². The van der Waals surface area contributed by atoms with E-state index in [9.17, 15) is 0 Å². The van der Waals surface area contributed by atoms with Crippen LogP contribution in [0.25, 0.3) is 0 Å². The van der Waals surface area contributed by atoms with E-state index < -0.39 is 0 Å². The molecule has 1 saturated carbocycles. The Morgan fingerprint density at radius 3 is 2.68 bits per heavy atom. The third-order valence-electron chi connectivity index (χ3n) is 4.20. The molecule has 0 amide bonds. The van der Waals surface area contributed by atoms with Crippen molar-refractivity contribution in [3.63, 3.8) is 0 Å². The van der Waals surface area contributed by atoms with Crippen LogP contribution in [0.2, 0.25) is 0 Å². The summed E-state index contributed by atoms with van der Waals surface area (Å²) < 4.78 is 2.16. The molecule has 3 N–H and O–H groups in total. The minimum atomic E-state index is 0.0739. The van der Waals surface area contributed by atoms with E-state index in [4.69, 9.17) is 5.84 Å². The first-order valence-corrected chi connectivity index (χ1v) is 6.84. The lowest BCUT2D eigenvalue weighted by atomic mass is 9.87. The number of rotatable bonds is 5. The average Bonchev–Trinajstić information content (AvgIpc) is 3.13. The first kappa shape index (κ1) is 12.4. The molecule has 1 fully saturated rings. The third-order valence-corrected chi connectivity index (χ3v) is 4.20. The standard InChI is InChI=1S/C15H20N4/c1-2-19-11-10-17-14(19)13(18-16)15(8-9-15)12-6-4-3-5-7-12/h3-7,10-11,13,18H,2,8-9,16H2,1H3. The lowest BCUT2D eigenvalue weighted by Crippen LogP contribution is -2.38. The van der Waals surface area contributed by atoms with E-state index in [1.165, 1.54) is 5.56 Å². The van der Waals surface area contributed by atoms with Crippen molar-refractivity contribution in [3.8, 4) is 0 Å². The van der Waals surface area contributed by atoms with Crippen molar-refractivity contribution in [2.24, 2.45) is 5.84 Å². The number of nitrogens with two attached hydrogens (primary N) is 1. The van der Waals surface area contributed by atoms with Gasteiger partial charge < -0.3 is 4.57 Å². The second-order valence-corrected chi connectivity index (χ2v) is 5.19. The summed E-state index contributed by atoms with van der Waals surface area (Å²) in [6.07, 6.45) is 6.18. The summed E-state index contributed by atoms with van der Waals surface area (Å²) in [6, 6.07) is 10.7. The van der Waals surface area contributed by atoms with Crippen molar-refractivity contribution in [1.82, 2.24) is 15.0 Å². The van der Waals surface area contributed by atoms with Crippen LogP contribution in [0.4, 0.5) is 0 Å². The molecule has 100 valence electrons. The van der Waals surface area contributed by atoms with Gasteiger partial charge in [0.2, 0.25) is 0 Å². The Labute approximate surface area is 113 Å². The van der Waals surface area contributed by atoms with Crippen molar-refractivity contribution in [2.75, 3.05) is 0 Å². The Morgan fingerprint density at radius 1 is 1.37 bits per heavy atom. The van der Waals surface area contributed by atoms with Crippen LogP contribution in [0.1, 0.15) is 37.2 Å². The molecule has 0 saturated heterocycles. The molecule has 1 aliphatic carbocycles. The molecule has 0 radical (unpaired) electrons. The molecule has 1 aliphatic rings. The molecule has 0 bridgehead atoms. The predicted molar refractivity (Wildman–Crippen MR) is 75.3 cm³/mol. The largest absolute Gasteiger partial charge is 0.334 e. The monoisotopic (exact) mass is 256 g/mol. The SMILES string of the molecule is CCn1ccnc1C(NN)C1(c2ccccc2)CC1. The van der Waals surface area contributed by atoms with Gasteiger partial charge in [0.05, 0.1) is 6.04 Å². The molecule has 4 heteroatoms. The van der Waals surface area contributed by atoms with E-state index in [0.29, 0.717) is 0 Å². The molecule has 1 unspecified atom stereocenters. The summed E-state index contributed by atoms with van der Waals surface area (Å²) in [4.78, 5) is 4.51. The zero-order valence-corrected chi connectivity index (χ0v) is 11.2. The van der Waals surface area contributed by atoms with Crippen LogP contribution in [0.5, 0.6) is 0 Å². The van der Waals surface area contributed by atoms with Gasteiger partial charge >= 0.3 is 0 Å². The predicted octanol–water partition coefficient (Wildman–Crippen LogP) is 2.14. The first-order chi connectivity index (χ1) is 9.31. The fourth-order valence-electron chi connectivity index (χ4n) is 2.98. The molecule has 1 aromatic heterocycles. The first-order valence-electron chi connectivity index (χ1n) is 6.84. The molecule has 0 spiro atoms. The Morgan fingerprint density at radius 2 is 2.11 bits per heavy atom. The van der Waals surface area contributed by atoms with Gasteiger partial charge in [-0.05, 0) is 25.3 Å². The second-order valence-electron chi connectivity index (χ2n) is 5.19. The highest BCUT2D eigenvalue weighted by atomic mass is 15.3. The van der Waals surface area contributed by atoms with Crippen molar-refractivity contribution >= 4 is 0 Å². The normalized spacial score (nSPS) is 18.2. The van der Waals surface area contributed by atoms with E-state index in [1.54, 1.807) is 0 Å². The number of hydrazine groups is 1. The number of imidazole rings is 1. The van der Waals surface area contributed by atoms with Crippen LogP contribution in [0.3, 0.4) is 0 Å². The van der Waals surface area contributed by atoms with Gasteiger partial charge in [0.25, 0.3) is 0 Å². The third kappa shape index (κ3) is 1.97. The maximum absolute atomic E-state index is 5.85. The van der Waals surface area contributed by atoms with Gasteiger partial charge in [0.1, 0.15) is 5.82 Å². The van der Waals surface area contributed by atoms with E-state index in [-0.39, 0.29) is 11.5 Å². The summed E-state index contributed by atoms with van der Waals surface area (Å²) in [5.41, 5.74) is 4.45. The molecule has 2 aromatic rings. The Hall–Kier alpha value is -1.65. The zero-order chi connectivity index (χ0) is 13.3. The van der Waals surface area contributed by atoms with Gasteiger partial charge in [-0.15, -0.1) is 0 Å². The van der Waals surface area contributed by atoms with Crippen LogP contribution < -0.4 is 11.3 Å². The fraction of sp³-hybridized carbons (Fsp3) is 0.400. The van der Waals surface area contributed by atoms with Crippen molar-refractivity contribution in [1.29, 1.82) is 0 Å². The number of nitrogens with zero attached hydrogens (tertiary/aromatic N) is 2. The molecular weight excluding hydrogens is 236 g/mol. The second kappa shape index (κ2) is 4.79. The van der Waals surface area contributed by atoms with Crippen LogP contribution in [0.15, 0.2) is 42.7 Å². The fourth-order valence-corrected chi connectivity index (χ4v) is 2.98. The van der Waals surface area contributed by atoms with Gasteiger partial charge in [-0.2, -0.15) is 0 Å². The summed E-state index contributed by atoms with van der Waals surface area (Å²) in [7, 11) is 0. The van der Waals surface area contributed by atoms with E-state index in [1.807, 2.05) is 12.4 Å². The van der Waals surface area contributed by atoms with Gasteiger partial charge in [-0.25, -0.2) is 10.4 Å². The van der Waals surface area contributed by atoms with Crippen LogP contribution >= 0.6 is 0 Å². The van der Waals surface area contributed by atoms with Gasteiger partial charge in [0, 0.05) is 24.4 Å². The lowest BCUT2D eigenvalue weighted by molar-refractivity contribution is 0.404. The van der Waals surface area contributed by atoms with Crippen molar-refractivity contribution in [3.05, 3.63) is 54.1 Å². The van der Waals surface area contributed by atoms with E-state index in [0.717, 1.165) is 25.2 Å². The molecule has 3 rings (SSSR count). The molecule has 4 nitrogen and oxygen atoms in total. The summed E-state index contributed by atoms with van der Waals surface area (Å²) in [5, 5.41) is 0. The molecule has 1 heterocycles. The summed E-state index contributed by atoms with van der Waals surface area (Å²) >= 11 is 0. The lowest BCUT2D eigenvalue weighted by Gasteiger charge is -2.27. The van der Waals surface area contributed by atoms with E-state index in [2.05, 4.69) is 52.2 Å². The summed E-state index contributed by atoms with van der Waals surface area (Å²) in [6.45, 7) is 3.04. The minimum Gasteiger partial charge on any atom is -0.334 e. The Balaban J connectivity index is 1.99. The number of hydrogen-bond acceptors (Lipinski definition) is 3. The van der Waals surface area contributed by atoms with Crippen molar-refractivity contribution in [2.45, 2.75) is 37.8 Å². The zero-order valence-electron chi connectivity index (χ0n) is 11.2. The highest BCUT2D eigenvalue weighted by Gasteiger charge is 2.52. The van der Waals surface area contributed by atoms with Crippen LogP contribution in [-0.2, 0) is 12.0 Å². The van der Waals surface area contributed by atoms with Crippen LogP contribution in [0, 0.1) is 0 Å². The average molecular weight is 256 g/mol. The number of benzene rings is 1. The maximum Gasteiger partial charge on any atom is 0.128 e. The van der Waals surface area contributed by atoms with E-state index >= 15 is 0 Å². The molecule has 1 atom stereocenters. The summed E-state index contributed by atoms with van der Waals surface area (Å²) in [5.74, 6) is 6.88. The van der Waals surface area contributed by atoms with Gasteiger partial charge in [0.15, 0.2) is 0 Å². The highest BCUT2D eigenvalue weighted by molar-refractivity contribution is 5.35. The van der Waals surface area contributed by atoms with Crippen LogP contribution in [-0.4, -0.2) is 9.55 Å². The Bertz CT molecular complexity index is 542. The Kier molecular flexibility index (Phi) is 3.12. The highest BCUT2D eigenvalue weighted by Crippen LogP contribution is 2.55.